The van der Waals surface area contributed by atoms with Gasteiger partial charge in [-0.25, -0.2) is 0 Å². The molecule has 0 aromatic heterocycles. The molecule has 0 aliphatic heterocycles. The van der Waals surface area contributed by atoms with Gasteiger partial charge in [0.25, 0.3) is 5.91 Å². The van der Waals surface area contributed by atoms with Crippen molar-refractivity contribution in [3.05, 3.63) is 102 Å². The average molecular weight is 431 g/mol. The van der Waals surface area contributed by atoms with Gasteiger partial charge in [-0.15, -0.1) is 0 Å². The van der Waals surface area contributed by atoms with Crippen molar-refractivity contribution in [2.45, 2.75) is 32.9 Å². The van der Waals surface area contributed by atoms with Gasteiger partial charge >= 0.3 is 0 Å². The highest BCUT2D eigenvalue weighted by atomic mass is 16.5. The predicted octanol–water partition coefficient (Wildman–Crippen LogP) is 4.15. The lowest BCUT2D eigenvalue weighted by atomic mass is 10.0. The van der Waals surface area contributed by atoms with Crippen molar-refractivity contribution in [1.29, 1.82) is 0 Å². The molecule has 166 valence electrons. The van der Waals surface area contributed by atoms with E-state index in [-0.39, 0.29) is 18.4 Å². The number of ether oxygens (including phenoxy) is 1. The van der Waals surface area contributed by atoms with E-state index in [9.17, 15) is 9.59 Å². The van der Waals surface area contributed by atoms with Crippen molar-refractivity contribution in [2.75, 3.05) is 13.2 Å². The zero-order chi connectivity index (χ0) is 22.8. The first-order valence-electron chi connectivity index (χ1n) is 10.9. The predicted molar refractivity (Wildman–Crippen MR) is 126 cm³/mol. The minimum absolute atomic E-state index is 0.137. The summed E-state index contributed by atoms with van der Waals surface area (Å²) in [6, 6.07) is 26.4. The standard InChI is InChI=1S/C27H30N2O3/c1-3-28-27(31)24(18-22-13-6-4-7-14-22)29(19-23-15-8-5-9-16-23)26(30)20-32-25-17-11-10-12-21(25)2/h4-17,24H,3,18-20H2,1-2H3,(H,28,31)/t24-/m0/s1. The molecule has 0 aliphatic carbocycles. The summed E-state index contributed by atoms with van der Waals surface area (Å²) in [5.74, 6) is 0.263. The van der Waals surface area contributed by atoms with E-state index in [4.69, 9.17) is 4.74 Å². The number of nitrogens with zero attached hydrogens (tertiary/aromatic N) is 1. The average Bonchev–Trinajstić information content (AvgIpc) is 2.82. The van der Waals surface area contributed by atoms with Crippen LogP contribution in [-0.2, 0) is 22.6 Å². The Bertz CT molecular complexity index is 1010. The topological polar surface area (TPSA) is 58.6 Å². The van der Waals surface area contributed by atoms with E-state index in [1.807, 2.05) is 98.8 Å². The van der Waals surface area contributed by atoms with Gasteiger partial charge in [0.2, 0.25) is 5.91 Å². The summed E-state index contributed by atoms with van der Waals surface area (Å²) in [5, 5.41) is 2.90. The van der Waals surface area contributed by atoms with Gasteiger partial charge in [0, 0.05) is 19.5 Å². The third kappa shape index (κ3) is 6.45. The Morgan fingerprint density at radius 1 is 0.875 bits per heavy atom. The van der Waals surface area contributed by atoms with Gasteiger partial charge in [0.15, 0.2) is 6.61 Å². The van der Waals surface area contributed by atoms with Crippen molar-refractivity contribution in [2.24, 2.45) is 0 Å². The molecule has 0 spiro atoms. The Kier molecular flexibility index (Phi) is 8.44. The first-order valence-corrected chi connectivity index (χ1v) is 10.9. The summed E-state index contributed by atoms with van der Waals surface area (Å²) in [5.41, 5.74) is 2.91. The number of carbonyl (C=O) groups is 2. The highest BCUT2D eigenvalue weighted by molar-refractivity contribution is 5.88. The summed E-state index contributed by atoms with van der Waals surface area (Å²) in [6.07, 6.45) is 0.426. The zero-order valence-electron chi connectivity index (χ0n) is 18.7. The number of para-hydroxylation sites is 1. The van der Waals surface area contributed by atoms with Gasteiger partial charge in [-0.05, 0) is 36.6 Å². The van der Waals surface area contributed by atoms with Gasteiger partial charge in [0.1, 0.15) is 11.8 Å². The summed E-state index contributed by atoms with van der Waals surface area (Å²) in [4.78, 5) is 28.1. The minimum atomic E-state index is -0.648. The Hall–Kier alpha value is -3.60. The maximum Gasteiger partial charge on any atom is 0.261 e. The zero-order valence-corrected chi connectivity index (χ0v) is 18.7. The Balaban J connectivity index is 1.87. The van der Waals surface area contributed by atoms with Crippen LogP contribution < -0.4 is 10.1 Å². The number of aryl methyl sites for hydroxylation is 1. The largest absolute Gasteiger partial charge is 0.484 e. The number of hydrogen-bond donors (Lipinski definition) is 1. The van der Waals surface area contributed by atoms with Crippen molar-refractivity contribution < 1.29 is 14.3 Å². The highest BCUT2D eigenvalue weighted by Gasteiger charge is 2.30. The highest BCUT2D eigenvalue weighted by Crippen LogP contribution is 2.18. The molecule has 0 heterocycles. The van der Waals surface area contributed by atoms with E-state index in [0.717, 1.165) is 16.7 Å². The number of amides is 2. The Morgan fingerprint density at radius 2 is 1.47 bits per heavy atom. The molecule has 0 saturated heterocycles. The number of likely N-dealkylation sites (N-methyl/N-ethyl adjacent to an activating group) is 1. The lowest BCUT2D eigenvalue weighted by Crippen LogP contribution is -2.51. The van der Waals surface area contributed by atoms with Crippen LogP contribution in [0.4, 0.5) is 0 Å². The molecular weight excluding hydrogens is 400 g/mol. The normalized spacial score (nSPS) is 11.4. The quantitative estimate of drug-likeness (QED) is 0.526. The van der Waals surface area contributed by atoms with Crippen LogP contribution in [0.1, 0.15) is 23.6 Å². The summed E-state index contributed by atoms with van der Waals surface area (Å²) >= 11 is 0. The minimum Gasteiger partial charge on any atom is -0.484 e. The van der Waals surface area contributed by atoms with E-state index < -0.39 is 6.04 Å². The maximum absolute atomic E-state index is 13.4. The molecule has 3 aromatic carbocycles. The maximum atomic E-state index is 13.4. The molecule has 1 N–H and O–H groups in total. The van der Waals surface area contributed by atoms with Gasteiger partial charge in [-0.1, -0.05) is 78.9 Å². The first kappa shape index (κ1) is 23.1. The molecule has 5 nitrogen and oxygen atoms in total. The van der Waals surface area contributed by atoms with E-state index in [1.165, 1.54) is 0 Å². The Morgan fingerprint density at radius 3 is 2.09 bits per heavy atom. The Labute approximate surface area is 190 Å². The number of carbonyl (C=O) groups excluding carboxylic acids is 2. The van der Waals surface area contributed by atoms with Crippen molar-refractivity contribution in [1.82, 2.24) is 10.2 Å². The lowest BCUT2D eigenvalue weighted by Gasteiger charge is -2.31. The second kappa shape index (κ2) is 11.7. The van der Waals surface area contributed by atoms with E-state index in [2.05, 4.69) is 5.32 Å². The molecule has 0 unspecified atom stereocenters. The molecule has 32 heavy (non-hydrogen) atoms. The molecule has 5 heteroatoms. The van der Waals surface area contributed by atoms with Crippen LogP contribution >= 0.6 is 0 Å². The number of nitrogens with one attached hydrogen (secondary N) is 1. The van der Waals surface area contributed by atoms with Crippen LogP contribution in [0.2, 0.25) is 0 Å². The smallest absolute Gasteiger partial charge is 0.261 e. The number of hydrogen-bond acceptors (Lipinski definition) is 3. The third-order valence-electron chi connectivity index (χ3n) is 5.26. The van der Waals surface area contributed by atoms with E-state index >= 15 is 0 Å². The molecular formula is C27H30N2O3. The van der Waals surface area contributed by atoms with Crippen molar-refractivity contribution >= 4 is 11.8 Å². The first-order chi connectivity index (χ1) is 15.6. The van der Waals surface area contributed by atoms with Gasteiger partial charge in [-0.2, -0.15) is 0 Å². The molecule has 2 amide bonds. The molecule has 0 aliphatic rings. The van der Waals surface area contributed by atoms with Crippen molar-refractivity contribution in [3.63, 3.8) is 0 Å². The number of benzene rings is 3. The second-order valence-corrected chi connectivity index (χ2v) is 7.66. The van der Waals surface area contributed by atoms with E-state index in [1.54, 1.807) is 4.90 Å². The molecule has 0 radical (unpaired) electrons. The van der Waals surface area contributed by atoms with Crippen molar-refractivity contribution in [3.8, 4) is 5.75 Å². The van der Waals surface area contributed by atoms with Crippen LogP contribution in [0.25, 0.3) is 0 Å². The molecule has 3 aromatic rings. The SMILES string of the molecule is CCNC(=O)[C@H](Cc1ccccc1)N(Cc1ccccc1)C(=O)COc1ccccc1C. The lowest BCUT2D eigenvalue weighted by molar-refractivity contribution is -0.142. The third-order valence-corrected chi connectivity index (χ3v) is 5.26. The van der Waals surface area contributed by atoms with Crippen LogP contribution in [0, 0.1) is 6.92 Å². The fourth-order valence-electron chi connectivity index (χ4n) is 3.57. The molecule has 3 rings (SSSR count). The fraction of sp³-hybridized carbons (Fsp3) is 0.259. The molecule has 1 atom stereocenters. The van der Waals surface area contributed by atoms with Crippen LogP contribution in [0.15, 0.2) is 84.9 Å². The summed E-state index contributed by atoms with van der Waals surface area (Å²) in [6.45, 7) is 4.50. The molecule has 0 bridgehead atoms. The van der Waals surface area contributed by atoms with Crippen LogP contribution in [-0.4, -0.2) is 35.9 Å². The fourth-order valence-corrected chi connectivity index (χ4v) is 3.57. The van der Waals surface area contributed by atoms with Crippen LogP contribution in [0.3, 0.4) is 0 Å². The van der Waals surface area contributed by atoms with Gasteiger partial charge in [0.05, 0.1) is 0 Å². The molecule has 0 saturated carbocycles. The number of rotatable bonds is 10. The van der Waals surface area contributed by atoms with E-state index in [0.29, 0.717) is 25.3 Å². The van der Waals surface area contributed by atoms with Crippen LogP contribution in [0.5, 0.6) is 5.75 Å². The van der Waals surface area contributed by atoms with Gasteiger partial charge in [-0.3, -0.25) is 9.59 Å². The summed E-state index contributed by atoms with van der Waals surface area (Å²) < 4.78 is 5.83. The second-order valence-electron chi connectivity index (χ2n) is 7.66. The van der Waals surface area contributed by atoms with Gasteiger partial charge < -0.3 is 15.0 Å². The molecule has 0 fully saturated rings. The summed E-state index contributed by atoms with van der Waals surface area (Å²) in [7, 11) is 0. The monoisotopic (exact) mass is 430 g/mol.